The lowest BCUT2D eigenvalue weighted by Crippen LogP contribution is -2.28. The van der Waals surface area contributed by atoms with Crippen molar-refractivity contribution in [2.75, 3.05) is 26.2 Å². The molecule has 4 heteroatoms. The molecule has 96 valence electrons. The van der Waals surface area contributed by atoms with E-state index < -0.39 is 0 Å². The predicted molar refractivity (Wildman–Crippen MR) is 67.9 cm³/mol. The van der Waals surface area contributed by atoms with Gasteiger partial charge in [0, 0.05) is 6.54 Å². The van der Waals surface area contributed by atoms with Gasteiger partial charge in [0.2, 0.25) is 5.89 Å². The summed E-state index contributed by atoms with van der Waals surface area (Å²) in [6.45, 7) is 10.8. The molecule has 0 bridgehead atoms. The summed E-state index contributed by atoms with van der Waals surface area (Å²) < 4.78 is 5.61. The van der Waals surface area contributed by atoms with E-state index >= 15 is 0 Å². The van der Waals surface area contributed by atoms with Gasteiger partial charge in [-0.1, -0.05) is 6.92 Å². The van der Waals surface area contributed by atoms with Crippen molar-refractivity contribution in [3.63, 3.8) is 0 Å². The van der Waals surface area contributed by atoms with E-state index in [1.165, 1.54) is 6.42 Å². The van der Waals surface area contributed by atoms with Crippen LogP contribution in [0, 0.1) is 12.8 Å². The van der Waals surface area contributed by atoms with E-state index in [2.05, 4.69) is 29.0 Å². The molecule has 1 N–H and O–H groups in total. The van der Waals surface area contributed by atoms with Crippen molar-refractivity contribution in [2.24, 2.45) is 5.92 Å². The van der Waals surface area contributed by atoms with Crippen LogP contribution in [0.2, 0.25) is 0 Å². The van der Waals surface area contributed by atoms with Crippen LogP contribution < -0.4 is 5.32 Å². The fourth-order valence-electron chi connectivity index (χ4n) is 2.45. The van der Waals surface area contributed by atoms with Gasteiger partial charge in [-0.25, -0.2) is 4.98 Å². The lowest BCUT2D eigenvalue weighted by atomic mass is 10.1. The summed E-state index contributed by atoms with van der Waals surface area (Å²) in [6, 6.07) is 0.301. The first-order valence-corrected chi connectivity index (χ1v) is 6.57. The molecular formula is C13H23N3O. The molecule has 2 atom stereocenters. The largest absolute Gasteiger partial charge is 0.444 e. The molecule has 0 saturated carbocycles. The SMILES string of the molecule is CCNCC1CCN(C(C)c2ncc(C)o2)C1. The minimum absolute atomic E-state index is 0.301. The first-order valence-electron chi connectivity index (χ1n) is 6.57. The molecule has 17 heavy (non-hydrogen) atoms. The van der Waals surface area contributed by atoms with E-state index in [9.17, 15) is 0 Å². The summed E-state index contributed by atoms with van der Waals surface area (Å²) in [6.07, 6.45) is 3.08. The first-order chi connectivity index (χ1) is 8.20. The average Bonchev–Trinajstić information content (AvgIpc) is 2.94. The third-order valence-corrected chi connectivity index (χ3v) is 3.54. The summed E-state index contributed by atoms with van der Waals surface area (Å²) in [5.74, 6) is 2.52. The van der Waals surface area contributed by atoms with Crippen LogP contribution in [0.3, 0.4) is 0 Å². The third kappa shape index (κ3) is 3.07. The predicted octanol–water partition coefficient (Wildman–Crippen LogP) is 1.98. The molecule has 1 fully saturated rings. The third-order valence-electron chi connectivity index (χ3n) is 3.54. The normalized spacial score (nSPS) is 23.1. The summed E-state index contributed by atoms with van der Waals surface area (Å²) >= 11 is 0. The maximum atomic E-state index is 5.61. The van der Waals surface area contributed by atoms with Crippen molar-refractivity contribution in [1.29, 1.82) is 0 Å². The van der Waals surface area contributed by atoms with Crippen LogP contribution in [0.4, 0.5) is 0 Å². The fraction of sp³-hybridized carbons (Fsp3) is 0.769. The van der Waals surface area contributed by atoms with Crippen LogP contribution >= 0.6 is 0 Å². The highest BCUT2D eigenvalue weighted by atomic mass is 16.4. The van der Waals surface area contributed by atoms with Gasteiger partial charge in [-0.05, 0) is 45.8 Å². The Morgan fingerprint density at radius 2 is 2.47 bits per heavy atom. The highest BCUT2D eigenvalue weighted by molar-refractivity contribution is 4.97. The van der Waals surface area contributed by atoms with Gasteiger partial charge in [-0.2, -0.15) is 0 Å². The molecule has 1 aromatic rings. The van der Waals surface area contributed by atoms with Gasteiger partial charge in [0.1, 0.15) is 5.76 Å². The number of nitrogens with one attached hydrogen (secondary N) is 1. The highest BCUT2D eigenvalue weighted by Crippen LogP contribution is 2.26. The number of oxazole rings is 1. The first kappa shape index (κ1) is 12.6. The van der Waals surface area contributed by atoms with Crippen molar-refractivity contribution in [2.45, 2.75) is 33.2 Å². The molecule has 1 aromatic heterocycles. The summed E-state index contributed by atoms with van der Waals surface area (Å²) in [4.78, 5) is 6.79. The molecule has 2 heterocycles. The molecule has 0 spiro atoms. The minimum atomic E-state index is 0.301. The Bertz CT molecular complexity index is 350. The van der Waals surface area contributed by atoms with E-state index in [0.717, 1.165) is 43.7 Å². The van der Waals surface area contributed by atoms with E-state index in [1.807, 2.05) is 6.92 Å². The zero-order valence-corrected chi connectivity index (χ0v) is 11.1. The molecule has 1 aliphatic heterocycles. The Morgan fingerprint density at radius 1 is 1.65 bits per heavy atom. The van der Waals surface area contributed by atoms with E-state index in [4.69, 9.17) is 4.42 Å². The topological polar surface area (TPSA) is 41.3 Å². The molecule has 2 rings (SSSR count). The molecule has 2 unspecified atom stereocenters. The minimum Gasteiger partial charge on any atom is -0.444 e. The average molecular weight is 237 g/mol. The van der Waals surface area contributed by atoms with E-state index in [1.54, 1.807) is 6.20 Å². The molecule has 0 radical (unpaired) electrons. The Labute approximate surface area is 103 Å². The molecule has 0 aliphatic carbocycles. The van der Waals surface area contributed by atoms with Gasteiger partial charge in [0.15, 0.2) is 0 Å². The zero-order chi connectivity index (χ0) is 12.3. The van der Waals surface area contributed by atoms with Gasteiger partial charge >= 0.3 is 0 Å². The molecular weight excluding hydrogens is 214 g/mol. The molecule has 0 amide bonds. The second kappa shape index (κ2) is 5.65. The molecule has 1 saturated heterocycles. The number of likely N-dealkylation sites (tertiary alicyclic amines) is 1. The Hall–Kier alpha value is -0.870. The van der Waals surface area contributed by atoms with E-state index in [0.29, 0.717) is 6.04 Å². The Morgan fingerprint density at radius 3 is 3.12 bits per heavy atom. The van der Waals surface area contributed by atoms with Gasteiger partial charge in [-0.3, -0.25) is 4.90 Å². The maximum Gasteiger partial charge on any atom is 0.211 e. The number of hydrogen-bond donors (Lipinski definition) is 1. The highest BCUT2D eigenvalue weighted by Gasteiger charge is 2.28. The quantitative estimate of drug-likeness (QED) is 0.850. The number of nitrogens with zero attached hydrogens (tertiary/aromatic N) is 2. The fourth-order valence-corrected chi connectivity index (χ4v) is 2.45. The van der Waals surface area contributed by atoms with Crippen LogP contribution in [0.15, 0.2) is 10.6 Å². The standard InChI is InChI=1S/C13H23N3O/c1-4-14-8-12-5-6-16(9-12)11(3)13-15-7-10(2)17-13/h7,11-12,14H,4-6,8-9H2,1-3H3. The van der Waals surface area contributed by atoms with Crippen molar-refractivity contribution >= 4 is 0 Å². The van der Waals surface area contributed by atoms with Crippen LogP contribution in [0.1, 0.15) is 38.0 Å². The summed E-state index contributed by atoms with van der Waals surface area (Å²) in [5.41, 5.74) is 0. The lowest BCUT2D eigenvalue weighted by molar-refractivity contribution is 0.215. The molecule has 1 aliphatic rings. The van der Waals surface area contributed by atoms with Gasteiger partial charge in [-0.15, -0.1) is 0 Å². The number of rotatable bonds is 5. The van der Waals surface area contributed by atoms with Gasteiger partial charge in [0.25, 0.3) is 0 Å². The van der Waals surface area contributed by atoms with Crippen LogP contribution in [-0.4, -0.2) is 36.1 Å². The second-order valence-electron chi connectivity index (χ2n) is 4.94. The summed E-state index contributed by atoms with van der Waals surface area (Å²) in [7, 11) is 0. The summed E-state index contributed by atoms with van der Waals surface area (Å²) in [5, 5.41) is 3.43. The number of aromatic nitrogens is 1. The number of hydrogen-bond acceptors (Lipinski definition) is 4. The lowest BCUT2D eigenvalue weighted by Gasteiger charge is -2.21. The van der Waals surface area contributed by atoms with Crippen LogP contribution in [-0.2, 0) is 0 Å². The Balaban J connectivity index is 1.87. The van der Waals surface area contributed by atoms with Crippen LogP contribution in [0.5, 0.6) is 0 Å². The second-order valence-corrected chi connectivity index (χ2v) is 4.94. The number of aryl methyl sites for hydroxylation is 1. The van der Waals surface area contributed by atoms with Crippen molar-refractivity contribution in [3.8, 4) is 0 Å². The van der Waals surface area contributed by atoms with Crippen molar-refractivity contribution in [3.05, 3.63) is 17.8 Å². The van der Waals surface area contributed by atoms with Crippen molar-refractivity contribution in [1.82, 2.24) is 15.2 Å². The van der Waals surface area contributed by atoms with E-state index in [-0.39, 0.29) is 0 Å². The van der Waals surface area contributed by atoms with Gasteiger partial charge in [0.05, 0.1) is 12.2 Å². The zero-order valence-electron chi connectivity index (χ0n) is 11.1. The monoisotopic (exact) mass is 237 g/mol. The Kier molecular flexibility index (Phi) is 4.18. The smallest absolute Gasteiger partial charge is 0.211 e. The maximum absolute atomic E-state index is 5.61. The molecule has 4 nitrogen and oxygen atoms in total. The molecule has 0 aromatic carbocycles. The van der Waals surface area contributed by atoms with Crippen LogP contribution in [0.25, 0.3) is 0 Å². The van der Waals surface area contributed by atoms with Crippen molar-refractivity contribution < 1.29 is 4.42 Å². The van der Waals surface area contributed by atoms with Gasteiger partial charge < -0.3 is 9.73 Å².